The van der Waals surface area contributed by atoms with Gasteiger partial charge in [0.25, 0.3) is 16.7 Å². The highest BCUT2D eigenvalue weighted by Gasteiger charge is 2.24. The summed E-state index contributed by atoms with van der Waals surface area (Å²) in [6.07, 6.45) is 1.76. The number of carbonyl (C=O) groups is 1. The Kier molecular flexibility index (Phi) is 6.51. The second-order valence-corrected chi connectivity index (χ2v) is 8.36. The van der Waals surface area contributed by atoms with Gasteiger partial charge in [0, 0.05) is 0 Å². The first kappa shape index (κ1) is 21.6. The lowest BCUT2D eigenvalue weighted by atomic mass is 10.2. The Balaban J connectivity index is 1.58. The molecule has 4 aromatic rings. The molecule has 1 amide bonds. The van der Waals surface area contributed by atoms with Crippen molar-refractivity contribution in [2.45, 2.75) is 13.2 Å². The van der Waals surface area contributed by atoms with E-state index < -0.39 is 5.91 Å². The SMILES string of the molecule is COc1cc(CN(CC(N)=O)c2sc3cccnc3[n+]2C)ccc1OCc1ccccc1. The number of primary amides is 1. The van der Waals surface area contributed by atoms with Gasteiger partial charge in [-0.25, -0.2) is 4.57 Å². The third-order valence-electron chi connectivity index (χ3n) is 5.01. The number of ether oxygens (including phenoxy) is 2. The summed E-state index contributed by atoms with van der Waals surface area (Å²) >= 11 is 1.57. The zero-order chi connectivity index (χ0) is 22.5. The molecule has 2 heterocycles. The zero-order valence-corrected chi connectivity index (χ0v) is 18.8. The van der Waals surface area contributed by atoms with Crippen molar-refractivity contribution in [3.8, 4) is 11.5 Å². The number of carbonyl (C=O) groups excluding carboxylic acids is 1. The number of methoxy groups -OCH3 is 1. The predicted octanol–water partition coefficient (Wildman–Crippen LogP) is 3.20. The van der Waals surface area contributed by atoms with Crippen molar-refractivity contribution in [2.24, 2.45) is 12.8 Å². The van der Waals surface area contributed by atoms with Gasteiger partial charge in [0.1, 0.15) is 24.0 Å². The highest BCUT2D eigenvalue weighted by molar-refractivity contribution is 7.21. The third kappa shape index (κ3) is 4.81. The molecule has 7 nitrogen and oxygen atoms in total. The molecule has 0 fully saturated rings. The van der Waals surface area contributed by atoms with Crippen LogP contribution in [0.15, 0.2) is 66.9 Å². The van der Waals surface area contributed by atoms with E-state index in [9.17, 15) is 4.79 Å². The lowest BCUT2D eigenvalue weighted by Crippen LogP contribution is -2.41. The smallest absolute Gasteiger partial charge is 0.283 e. The summed E-state index contributed by atoms with van der Waals surface area (Å²) < 4.78 is 14.6. The fourth-order valence-electron chi connectivity index (χ4n) is 3.51. The van der Waals surface area contributed by atoms with E-state index in [1.807, 2.05) is 77.2 Å². The van der Waals surface area contributed by atoms with Gasteiger partial charge in [-0.2, -0.15) is 0 Å². The Labute approximate surface area is 190 Å². The summed E-state index contributed by atoms with van der Waals surface area (Å²) in [5.74, 6) is 0.906. The molecule has 4 rings (SSSR count). The third-order valence-corrected chi connectivity index (χ3v) is 6.27. The number of hydrogen-bond donors (Lipinski definition) is 1. The predicted molar refractivity (Wildman–Crippen MR) is 125 cm³/mol. The molecular formula is C24H25N4O3S+. The number of aromatic nitrogens is 2. The van der Waals surface area contributed by atoms with Crippen molar-refractivity contribution >= 4 is 32.7 Å². The molecule has 0 aliphatic heterocycles. The summed E-state index contributed by atoms with van der Waals surface area (Å²) in [7, 11) is 3.56. The molecule has 0 bridgehead atoms. The quantitative estimate of drug-likeness (QED) is 0.397. The normalized spacial score (nSPS) is 10.8. The van der Waals surface area contributed by atoms with Crippen LogP contribution in [0.3, 0.4) is 0 Å². The number of amides is 1. The summed E-state index contributed by atoms with van der Waals surface area (Å²) in [6.45, 7) is 1.03. The number of pyridine rings is 1. The molecule has 0 aliphatic rings. The van der Waals surface area contributed by atoms with Crippen LogP contribution in [0.1, 0.15) is 11.1 Å². The standard InChI is InChI=1S/C24H24N4O3S/c1-27-23-21(9-6-12-26-23)32-24(27)28(15-22(25)29)14-18-10-11-19(20(13-18)30-2)31-16-17-7-4-3-5-8-17/h3-13H,14-16H2,1-2H3,(H-,25,29)/p+1. The first-order valence-corrected chi connectivity index (χ1v) is 11.0. The van der Waals surface area contributed by atoms with Crippen molar-refractivity contribution in [3.63, 3.8) is 0 Å². The van der Waals surface area contributed by atoms with E-state index in [-0.39, 0.29) is 6.54 Å². The molecule has 2 aromatic heterocycles. The van der Waals surface area contributed by atoms with Crippen molar-refractivity contribution in [1.29, 1.82) is 0 Å². The molecule has 8 heteroatoms. The Hall–Kier alpha value is -3.65. The van der Waals surface area contributed by atoms with Crippen LogP contribution in [0.5, 0.6) is 11.5 Å². The first-order valence-electron chi connectivity index (χ1n) is 10.2. The van der Waals surface area contributed by atoms with E-state index in [2.05, 4.69) is 4.98 Å². The molecule has 0 atom stereocenters. The molecular weight excluding hydrogens is 424 g/mol. The van der Waals surface area contributed by atoms with Crippen LogP contribution in [0, 0.1) is 0 Å². The topological polar surface area (TPSA) is 81.6 Å². The number of benzene rings is 2. The van der Waals surface area contributed by atoms with Crippen LogP contribution in [-0.4, -0.2) is 24.5 Å². The molecule has 2 N–H and O–H groups in total. The summed E-state index contributed by atoms with van der Waals surface area (Å²) in [5, 5.41) is 0.904. The van der Waals surface area contributed by atoms with Crippen LogP contribution in [0.4, 0.5) is 5.13 Å². The van der Waals surface area contributed by atoms with Gasteiger partial charge in [0.2, 0.25) is 0 Å². The molecule has 164 valence electrons. The lowest BCUT2D eigenvalue weighted by molar-refractivity contribution is -0.630. The van der Waals surface area contributed by atoms with Crippen molar-refractivity contribution in [2.75, 3.05) is 18.6 Å². The molecule has 0 aliphatic carbocycles. The fourth-order valence-corrected chi connectivity index (χ4v) is 4.62. The maximum Gasteiger partial charge on any atom is 0.283 e. The Morgan fingerprint density at radius 1 is 1.09 bits per heavy atom. The maximum absolute atomic E-state index is 11.8. The van der Waals surface area contributed by atoms with Crippen molar-refractivity contribution < 1.29 is 18.8 Å². The highest BCUT2D eigenvalue weighted by Crippen LogP contribution is 2.31. The Morgan fingerprint density at radius 3 is 2.62 bits per heavy atom. The maximum atomic E-state index is 11.8. The first-order chi connectivity index (χ1) is 15.5. The van der Waals surface area contributed by atoms with Crippen molar-refractivity contribution in [1.82, 2.24) is 4.98 Å². The molecule has 0 saturated carbocycles. The summed E-state index contributed by atoms with van der Waals surface area (Å²) in [6, 6.07) is 19.7. The largest absolute Gasteiger partial charge is 0.493 e. The minimum absolute atomic E-state index is 0.0925. The fraction of sp³-hybridized carbons (Fsp3) is 0.208. The van der Waals surface area contributed by atoms with Crippen LogP contribution in [-0.2, 0) is 25.0 Å². The average molecular weight is 450 g/mol. The van der Waals surface area contributed by atoms with Gasteiger partial charge in [-0.3, -0.25) is 9.69 Å². The highest BCUT2D eigenvalue weighted by atomic mass is 32.1. The molecule has 2 aromatic carbocycles. The Bertz CT molecular complexity index is 1230. The summed E-state index contributed by atoms with van der Waals surface area (Å²) in [4.78, 5) is 18.2. The summed E-state index contributed by atoms with van der Waals surface area (Å²) in [5.41, 5.74) is 8.48. The minimum Gasteiger partial charge on any atom is -0.493 e. The Morgan fingerprint density at radius 2 is 1.91 bits per heavy atom. The van der Waals surface area contributed by atoms with Crippen LogP contribution in [0.25, 0.3) is 10.3 Å². The number of hydrogen-bond acceptors (Lipinski definition) is 6. The van der Waals surface area contributed by atoms with E-state index in [0.29, 0.717) is 24.7 Å². The molecule has 0 spiro atoms. The van der Waals surface area contributed by atoms with E-state index >= 15 is 0 Å². The molecule has 0 unspecified atom stereocenters. The van der Waals surface area contributed by atoms with Gasteiger partial charge in [0.15, 0.2) is 11.5 Å². The van der Waals surface area contributed by atoms with Gasteiger partial charge in [-0.15, -0.1) is 4.98 Å². The number of nitrogens with two attached hydrogens (primary N) is 1. The van der Waals surface area contributed by atoms with Crippen LogP contribution in [0.2, 0.25) is 0 Å². The van der Waals surface area contributed by atoms with E-state index in [0.717, 1.165) is 26.6 Å². The van der Waals surface area contributed by atoms with Crippen LogP contribution >= 0.6 is 11.3 Å². The number of nitrogens with zero attached hydrogens (tertiary/aromatic N) is 3. The van der Waals surface area contributed by atoms with Gasteiger partial charge >= 0.3 is 0 Å². The van der Waals surface area contributed by atoms with Crippen LogP contribution < -0.4 is 24.7 Å². The molecule has 32 heavy (non-hydrogen) atoms. The monoisotopic (exact) mass is 449 g/mol. The van der Waals surface area contributed by atoms with Gasteiger partial charge in [-0.1, -0.05) is 47.7 Å². The second-order valence-electron chi connectivity index (χ2n) is 7.35. The number of aryl methyl sites for hydroxylation is 1. The molecule has 0 saturated heterocycles. The minimum atomic E-state index is -0.398. The molecule has 0 radical (unpaired) electrons. The number of thiazole rings is 1. The number of rotatable bonds is 9. The van der Waals surface area contributed by atoms with E-state index in [1.54, 1.807) is 24.6 Å². The van der Waals surface area contributed by atoms with E-state index in [4.69, 9.17) is 15.2 Å². The van der Waals surface area contributed by atoms with E-state index in [1.165, 1.54) is 0 Å². The van der Waals surface area contributed by atoms with Gasteiger partial charge in [-0.05, 0) is 35.4 Å². The average Bonchev–Trinajstić information content (AvgIpc) is 3.14. The van der Waals surface area contributed by atoms with Crippen molar-refractivity contribution in [3.05, 3.63) is 78.0 Å². The zero-order valence-electron chi connectivity index (χ0n) is 18.0. The van der Waals surface area contributed by atoms with Gasteiger partial charge < -0.3 is 15.2 Å². The second kappa shape index (κ2) is 9.65. The lowest BCUT2D eigenvalue weighted by Gasteiger charge is -2.18. The number of anilines is 1. The van der Waals surface area contributed by atoms with Gasteiger partial charge in [0.05, 0.1) is 20.7 Å². The number of fused-ring (bicyclic) bond motifs is 1.